The van der Waals surface area contributed by atoms with Crippen molar-refractivity contribution in [1.82, 2.24) is 0 Å². The Hall–Kier alpha value is -2.35. The number of allylic oxidation sites excluding steroid dienone is 1. The molecule has 0 aliphatic heterocycles. The lowest BCUT2D eigenvalue weighted by Gasteiger charge is -2.47. The summed E-state index contributed by atoms with van der Waals surface area (Å²) in [6.07, 6.45) is 5.39. The van der Waals surface area contributed by atoms with Crippen LogP contribution in [0.2, 0.25) is 0 Å². The van der Waals surface area contributed by atoms with E-state index in [1.54, 1.807) is 0 Å². The van der Waals surface area contributed by atoms with E-state index in [2.05, 4.69) is 90.1 Å². The molecule has 0 bridgehead atoms. The van der Waals surface area contributed by atoms with Crippen LogP contribution in [-0.4, -0.2) is 12.1 Å². The van der Waals surface area contributed by atoms with Gasteiger partial charge in [0.2, 0.25) is 0 Å². The van der Waals surface area contributed by atoms with E-state index in [-0.39, 0.29) is 22.9 Å². The molecule has 1 unspecified atom stereocenters. The maximum absolute atomic E-state index is 12.4. The fourth-order valence-electron chi connectivity index (χ4n) is 4.52. The molecule has 1 aliphatic rings. The molecule has 2 nitrogen and oxygen atoms in total. The minimum absolute atomic E-state index is 0.0520. The van der Waals surface area contributed by atoms with Gasteiger partial charge in [-0.2, -0.15) is 0 Å². The fourth-order valence-corrected chi connectivity index (χ4v) is 4.52. The quantitative estimate of drug-likeness (QED) is 0.373. The normalized spacial score (nSPS) is 19.8. The van der Waals surface area contributed by atoms with Crippen LogP contribution in [0.3, 0.4) is 0 Å². The lowest BCUT2D eigenvalue weighted by atomic mass is 9.61. The molecule has 0 heterocycles. The first kappa shape index (κ1) is 22.3. The summed E-state index contributed by atoms with van der Waals surface area (Å²) in [6.45, 7) is 13.2. The summed E-state index contributed by atoms with van der Waals surface area (Å²) in [5.41, 5.74) is 6.12. The summed E-state index contributed by atoms with van der Waals surface area (Å²) in [7, 11) is 0. The zero-order valence-corrected chi connectivity index (χ0v) is 19.4. The fraction of sp³-hybridized carbons (Fsp3) is 0.464. The Kier molecular flexibility index (Phi) is 6.55. The molecule has 1 atom stereocenters. The van der Waals surface area contributed by atoms with E-state index in [0.717, 1.165) is 19.3 Å². The van der Waals surface area contributed by atoms with E-state index < -0.39 is 0 Å². The second kappa shape index (κ2) is 8.79. The van der Waals surface area contributed by atoms with Gasteiger partial charge in [-0.1, -0.05) is 95.6 Å². The van der Waals surface area contributed by atoms with E-state index in [0.29, 0.717) is 6.42 Å². The molecule has 0 spiro atoms. The smallest absolute Gasteiger partial charge is 0.306 e. The summed E-state index contributed by atoms with van der Waals surface area (Å²) in [5.74, 6) is -0.0626. The van der Waals surface area contributed by atoms with Crippen LogP contribution < -0.4 is 0 Å². The molecule has 0 fully saturated rings. The van der Waals surface area contributed by atoms with Crippen LogP contribution in [0.1, 0.15) is 89.5 Å². The summed E-state index contributed by atoms with van der Waals surface area (Å²) < 4.78 is 6.01. The number of carbonyl (C=O) groups excluding carboxylic acids is 1. The Labute approximate surface area is 182 Å². The zero-order chi connectivity index (χ0) is 21.9. The molecule has 0 saturated carbocycles. The van der Waals surface area contributed by atoms with E-state index in [1.165, 1.54) is 27.8 Å². The SMILES string of the molecule is CCCCC(=O)OC1CC(C)(C)c2cc(/C(C)=C/c3ccccc3)ccc2C1(C)C. The molecule has 3 rings (SSSR count). The number of carbonyl (C=O) groups is 1. The summed E-state index contributed by atoms with van der Waals surface area (Å²) in [6, 6.07) is 17.3. The molecule has 0 radical (unpaired) electrons. The van der Waals surface area contributed by atoms with Crippen LogP contribution in [-0.2, 0) is 20.4 Å². The Morgan fingerprint density at radius 1 is 1.07 bits per heavy atom. The third kappa shape index (κ3) is 4.69. The van der Waals surface area contributed by atoms with E-state index in [9.17, 15) is 4.79 Å². The van der Waals surface area contributed by atoms with Crippen molar-refractivity contribution in [3.05, 3.63) is 70.8 Å². The average Bonchev–Trinajstić information content (AvgIpc) is 2.71. The Balaban J connectivity index is 1.93. The molecular formula is C28H36O2. The molecule has 0 N–H and O–H groups in total. The molecular weight excluding hydrogens is 368 g/mol. The van der Waals surface area contributed by atoms with Crippen molar-refractivity contribution in [3.8, 4) is 0 Å². The van der Waals surface area contributed by atoms with E-state index in [1.807, 2.05) is 6.07 Å². The predicted octanol–water partition coefficient (Wildman–Crippen LogP) is 7.31. The van der Waals surface area contributed by atoms with Gasteiger partial charge in [0, 0.05) is 11.8 Å². The highest BCUT2D eigenvalue weighted by Gasteiger charge is 2.46. The molecule has 1 aliphatic carbocycles. The molecule has 0 saturated heterocycles. The van der Waals surface area contributed by atoms with Gasteiger partial charge in [0.05, 0.1) is 0 Å². The van der Waals surface area contributed by atoms with Gasteiger partial charge in [0.15, 0.2) is 0 Å². The molecule has 30 heavy (non-hydrogen) atoms. The predicted molar refractivity (Wildman–Crippen MR) is 127 cm³/mol. The van der Waals surface area contributed by atoms with Crippen molar-refractivity contribution in [2.45, 2.75) is 84.2 Å². The summed E-state index contributed by atoms with van der Waals surface area (Å²) in [4.78, 5) is 12.4. The van der Waals surface area contributed by atoms with E-state index >= 15 is 0 Å². The molecule has 0 aromatic heterocycles. The van der Waals surface area contributed by atoms with Gasteiger partial charge < -0.3 is 4.74 Å². The number of rotatable bonds is 6. The lowest BCUT2D eigenvalue weighted by Crippen LogP contribution is -2.47. The highest BCUT2D eigenvalue weighted by molar-refractivity contribution is 5.80. The van der Waals surface area contributed by atoms with Crippen molar-refractivity contribution in [2.24, 2.45) is 0 Å². The van der Waals surface area contributed by atoms with Gasteiger partial charge in [0.25, 0.3) is 0 Å². The van der Waals surface area contributed by atoms with E-state index in [4.69, 9.17) is 4.74 Å². The number of esters is 1. The van der Waals surface area contributed by atoms with Gasteiger partial charge in [-0.25, -0.2) is 0 Å². The number of benzene rings is 2. The average molecular weight is 405 g/mol. The third-order valence-corrected chi connectivity index (χ3v) is 6.59. The van der Waals surface area contributed by atoms with Crippen molar-refractivity contribution >= 4 is 17.6 Å². The molecule has 160 valence electrons. The van der Waals surface area contributed by atoms with Crippen LogP contribution in [0.15, 0.2) is 48.5 Å². The topological polar surface area (TPSA) is 26.3 Å². The summed E-state index contributed by atoms with van der Waals surface area (Å²) >= 11 is 0. The Bertz CT molecular complexity index is 919. The van der Waals surface area contributed by atoms with Crippen molar-refractivity contribution in [1.29, 1.82) is 0 Å². The number of ether oxygens (including phenoxy) is 1. The van der Waals surface area contributed by atoms with Crippen LogP contribution in [0.25, 0.3) is 11.6 Å². The highest BCUT2D eigenvalue weighted by atomic mass is 16.5. The number of fused-ring (bicyclic) bond motifs is 1. The van der Waals surface area contributed by atoms with Gasteiger partial charge in [-0.15, -0.1) is 0 Å². The minimum atomic E-state index is -0.206. The van der Waals surface area contributed by atoms with Crippen LogP contribution in [0, 0.1) is 0 Å². The second-order valence-corrected chi connectivity index (χ2v) is 9.89. The van der Waals surface area contributed by atoms with Crippen LogP contribution in [0.5, 0.6) is 0 Å². The number of unbranched alkanes of at least 4 members (excludes halogenated alkanes) is 1. The Morgan fingerprint density at radius 3 is 2.43 bits per heavy atom. The zero-order valence-electron chi connectivity index (χ0n) is 19.4. The molecule has 2 heteroatoms. The number of hydrogen-bond donors (Lipinski definition) is 0. The van der Waals surface area contributed by atoms with Crippen molar-refractivity contribution < 1.29 is 9.53 Å². The third-order valence-electron chi connectivity index (χ3n) is 6.59. The lowest BCUT2D eigenvalue weighted by molar-refractivity contribution is -0.154. The second-order valence-electron chi connectivity index (χ2n) is 9.89. The molecule has 2 aromatic carbocycles. The Morgan fingerprint density at radius 2 is 1.77 bits per heavy atom. The van der Waals surface area contributed by atoms with Crippen molar-refractivity contribution in [2.75, 3.05) is 0 Å². The monoisotopic (exact) mass is 404 g/mol. The van der Waals surface area contributed by atoms with Gasteiger partial charge in [-0.05, 0) is 53.0 Å². The van der Waals surface area contributed by atoms with Crippen molar-refractivity contribution in [3.63, 3.8) is 0 Å². The van der Waals surface area contributed by atoms with Gasteiger partial charge in [-0.3, -0.25) is 4.79 Å². The minimum Gasteiger partial charge on any atom is -0.461 e. The first-order chi connectivity index (χ1) is 14.1. The molecule has 0 amide bonds. The maximum Gasteiger partial charge on any atom is 0.306 e. The molecule has 2 aromatic rings. The van der Waals surface area contributed by atoms with Crippen LogP contribution in [0.4, 0.5) is 0 Å². The highest BCUT2D eigenvalue weighted by Crippen LogP contribution is 2.48. The summed E-state index contributed by atoms with van der Waals surface area (Å²) in [5, 5.41) is 0. The van der Waals surface area contributed by atoms with Gasteiger partial charge >= 0.3 is 5.97 Å². The standard InChI is InChI=1S/C28H36O2/c1-7-8-14-26(29)30-25-19-27(3,4)24-18-22(15-16-23(24)28(25,5)6)20(2)17-21-12-10-9-11-13-21/h9-13,15-18,25H,7-8,14,19H2,1-6H3/b20-17+. The number of hydrogen-bond acceptors (Lipinski definition) is 2. The van der Waals surface area contributed by atoms with Crippen LogP contribution >= 0.6 is 0 Å². The largest absolute Gasteiger partial charge is 0.461 e. The first-order valence-electron chi connectivity index (χ1n) is 11.2. The first-order valence-corrected chi connectivity index (χ1v) is 11.2. The maximum atomic E-state index is 12.4. The van der Waals surface area contributed by atoms with Gasteiger partial charge in [0.1, 0.15) is 6.10 Å².